The number of hydrogen-bond donors (Lipinski definition) is 2. The molecular weight excluding hydrogens is 292 g/mol. The van der Waals surface area contributed by atoms with Crippen LogP contribution >= 0.6 is 11.6 Å². The number of anilines is 1. The van der Waals surface area contributed by atoms with Gasteiger partial charge in [-0.15, -0.1) is 0 Å². The van der Waals surface area contributed by atoms with Crippen LogP contribution in [-0.2, 0) is 0 Å². The zero-order valence-corrected chi connectivity index (χ0v) is 13.6. The fraction of sp³-hybridized carbons (Fsp3) is 0.368. The highest BCUT2D eigenvalue weighted by Gasteiger charge is 2.34. The second-order valence-electron chi connectivity index (χ2n) is 6.43. The monoisotopic (exact) mass is 312 g/mol. The van der Waals surface area contributed by atoms with Crippen LogP contribution in [0.25, 0.3) is 11.1 Å². The Balaban J connectivity index is 1.84. The summed E-state index contributed by atoms with van der Waals surface area (Å²) in [5.74, 6) is 0.582. The van der Waals surface area contributed by atoms with Crippen molar-refractivity contribution >= 4 is 17.3 Å². The van der Waals surface area contributed by atoms with Crippen molar-refractivity contribution in [1.29, 1.82) is 0 Å². The van der Waals surface area contributed by atoms with Gasteiger partial charge in [-0.3, -0.25) is 0 Å². The molecule has 0 aliphatic carbocycles. The Labute approximate surface area is 136 Å². The fourth-order valence-electron chi connectivity index (χ4n) is 3.92. The number of halogens is 1. The number of rotatable bonds is 1. The molecule has 0 radical (unpaired) electrons. The highest BCUT2D eigenvalue weighted by Crippen LogP contribution is 2.46. The first kappa shape index (κ1) is 14.1. The van der Waals surface area contributed by atoms with Gasteiger partial charge in [0.25, 0.3) is 0 Å². The molecule has 2 N–H and O–H groups in total. The molecule has 0 spiro atoms. The predicted octanol–water partition coefficient (Wildman–Crippen LogP) is 4.58. The average molecular weight is 313 g/mol. The molecule has 2 atom stereocenters. The van der Waals surface area contributed by atoms with Crippen LogP contribution in [0, 0.1) is 6.92 Å². The van der Waals surface area contributed by atoms with Crippen molar-refractivity contribution in [3.8, 4) is 11.1 Å². The molecule has 4 rings (SSSR count). The van der Waals surface area contributed by atoms with E-state index in [0.29, 0.717) is 12.0 Å². The third-order valence-corrected chi connectivity index (χ3v) is 5.30. The molecule has 3 heteroatoms. The summed E-state index contributed by atoms with van der Waals surface area (Å²) in [5.41, 5.74) is 6.41. The van der Waals surface area contributed by atoms with Crippen LogP contribution in [0.4, 0.5) is 5.69 Å². The Hall–Kier alpha value is -1.51. The van der Waals surface area contributed by atoms with Crippen LogP contribution in [0.1, 0.15) is 29.9 Å². The van der Waals surface area contributed by atoms with Gasteiger partial charge >= 0.3 is 0 Å². The molecule has 2 unspecified atom stereocenters. The summed E-state index contributed by atoms with van der Waals surface area (Å²) in [4.78, 5) is 0. The zero-order valence-electron chi connectivity index (χ0n) is 12.8. The molecule has 2 nitrogen and oxygen atoms in total. The number of aryl methyl sites for hydroxylation is 1. The van der Waals surface area contributed by atoms with Crippen molar-refractivity contribution in [2.45, 2.75) is 31.7 Å². The fourth-order valence-corrected chi connectivity index (χ4v) is 4.26. The molecule has 1 fully saturated rings. The zero-order chi connectivity index (χ0) is 15.1. The molecule has 1 saturated heterocycles. The van der Waals surface area contributed by atoms with Gasteiger partial charge in [0.2, 0.25) is 0 Å². The molecule has 2 aromatic carbocycles. The van der Waals surface area contributed by atoms with Crippen molar-refractivity contribution in [2.24, 2.45) is 0 Å². The van der Waals surface area contributed by atoms with Gasteiger partial charge < -0.3 is 10.6 Å². The van der Waals surface area contributed by atoms with Crippen molar-refractivity contribution < 1.29 is 0 Å². The smallest absolute Gasteiger partial charge is 0.0487 e. The third kappa shape index (κ3) is 2.31. The maximum absolute atomic E-state index is 6.54. The van der Waals surface area contributed by atoms with Crippen molar-refractivity contribution in [3.05, 3.63) is 52.5 Å². The molecule has 0 amide bonds. The molecule has 2 heterocycles. The topological polar surface area (TPSA) is 24.1 Å². The van der Waals surface area contributed by atoms with Crippen LogP contribution in [0.5, 0.6) is 0 Å². The van der Waals surface area contributed by atoms with Crippen LogP contribution in [0.2, 0.25) is 5.02 Å². The van der Waals surface area contributed by atoms with Crippen LogP contribution in [-0.4, -0.2) is 19.1 Å². The number of benzene rings is 2. The van der Waals surface area contributed by atoms with Crippen LogP contribution in [0.15, 0.2) is 36.4 Å². The number of nitrogens with one attached hydrogen (secondary N) is 2. The second kappa shape index (κ2) is 5.60. The summed E-state index contributed by atoms with van der Waals surface area (Å²) in [5, 5.41) is 8.10. The van der Waals surface area contributed by atoms with Gasteiger partial charge in [0, 0.05) is 28.2 Å². The molecule has 2 aromatic rings. The summed E-state index contributed by atoms with van der Waals surface area (Å²) < 4.78 is 0. The lowest BCUT2D eigenvalue weighted by Crippen LogP contribution is -2.21. The van der Waals surface area contributed by atoms with E-state index < -0.39 is 0 Å². The summed E-state index contributed by atoms with van der Waals surface area (Å²) in [7, 11) is 0. The first-order valence-corrected chi connectivity index (χ1v) is 8.48. The van der Waals surface area contributed by atoms with E-state index in [1.807, 2.05) is 0 Å². The lowest BCUT2D eigenvalue weighted by molar-refractivity contribution is 0.579. The molecule has 114 valence electrons. The third-order valence-electron chi connectivity index (χ3n) is 4.98. The van der Waals surface area contributed by atoms with Gasteiger partial charge in [-0.2, -0.15) is 0 Å². The minimum absolute atomic E-state index is 0.551. The number of fused-ring (bicyclic) bond motifs is 3. The predicted molar refractivity (Wildman–Crippen MR) is 93.9 cm³/mol. The van der Waals surface area contributed by atoms with Gasteiger partial charge in [0.15, 0.2) is 0 Å². The van der Waals surface area contributed by atoms with E-state index in [4.69, 9.17) is 11.6 Å². The maximum Gasteiger partial charge on any atom is 0.0487 e. The minimum atomic E-state index is 0.551. The van der Waals surface area contributed by atoms with Gasteiger partial charge in [-0.05, 0) is 61.7 Å². The molecule has 0 saturated carbocycles. The maximum atomic E-state index is 6.54. The van der Waals surface area contributed by atoms with Crippen LogP contribution < -0.4 is 10.6 Å². The van der Waals surface area contributed by atoms with Gasteiger partial charge in [0.05, 0.1) is 0 Å². The van der Waals surface area contributed by atoms with Crippen molar-refractivity contribution in [3.63, 3.8) is 0 Å². The lowest BCUT2D eigenvalue weighted by Gasteiger charge is -2.18. The molecule has 2 aliphatic heterocycles. The van der Waals surface area contributed by atoms with E-state index in [2.05, 4.69) is 54.0 Å². The first-order valence-electron chi connectivity index (χ1n) is 8.11. The summed E-state index contributed by atoms with van der Waals surface area (Å²) in [6.07, 6.45) is 2.37. The summed E-state index contributed by atoms with van der Waals surface area (Å²) in [6.45, 7) is 4.28. The Morgan fingerprint density at radius 1 is 1.05 bits per heavy atom. The van der Waals surface area contributed by atoms with Crippen molar-refractivity contribution in [1.82, 2.24) is 5.32 Å². The van der Waals surface area contributed by atoms with E-state index in [1.54, 1.807) is 0 Å². The largest absolute Gasteiger partial charge is 0.381 e. The molecule has 2 aliphatic rings. The van der Waals surface area contributed by atoms with Gasteiger partial charge in [-0.25, -0.2) is 0 Å². The Bertz CT molecular complexity index is 711. The summed E-state index contributed by atoms with van der Waals surface area (Å²) in [6, 6.07) is 13.5. The van der Waals surface area contributed by atoms with Gasteiger partial charge in [0.1, 0.15) is 0 Å². The second-order valence-corrected chi connectivity index (χ2v) is 6.84. The van der Waals surface area contributed by atoms with E-state index in [-0.39, 0.29) is 0 Å². The normalized spacial score (nSPS) is 23.4. The summed E-state index contributed by atoms with van der Waals surface area (Å²) >= 11 is 6.54. The van der Waals surface area contributed by atoms with E-state index >= 15 is 0 Å². The highest BCUT2D eigenvalue weighted by molar-refractivity contribution is 6.33. The SMILES string of the molecule is Cc1ccc(-c2cccc3c2C2CCNCCC2N3)c(Cl)c1. The van der Waals surface area contributed by atoms with E-state index in [9.17, 15) is 0 Å². The van der Waals surface area contributed by atoms with E-state index in [0.717, 1.165) is 23.7 Å². The van der Waals surface area contributed by atoms with Gasteiger partial charge in [-0.1, -0.05) is 35.9 Å². The first-order chi connectivity index (χ1) is 10.7. The molecule has 0 aromatic heterocycles. The quantitative estimate of drug-likeness (QED) is 0.805. The molecular formula is C19H21ClN2. The average Bonchev–Trinajstić information content (AvgIpc) is 2.70. The Kier molecular flexibility index (Phi) is 3.59. The minimum Gasteiger partial charge on any atom is -0.381 e. The Morgan fingerprint density at radius 2 is 1.91 bits per heavy atom. The number of hydrogen-bond acceptors (Lipinski definition) is 2. The molecule has 22 heavy (non-hydrogen) atoms. The van der Waals surface area contributed by atoms with Crippen LogP contribution in [0.3, 0.4) is 0 Å². The highest BCUT2D eigenvalue weighted by atomic mass is 35.5. The standard InChI is InChI=1S/C19H21ClN2/c1-12-5-6-13(16(20)11-12)14-3-2-4-18-19(14)15-7-9-21-10-8-17(15)22-18/h2-6,11,15,17,21-22H,7-10H2,1H3. The Morgan fingerprint density at radius 3 is 2.77 bits per heavy atom. The van der Waals surface area contributed by atoms with Crippen molar-refractivity contribution in [2.75, 3.05) is 18.4 Å². The molecule has 0 bridgehead atoms. The lowest BCUT2D eigenvalue weighted by atomic mass is 9.86. The van der Waals surface area contributed by atoms with E-state index in [1.165, 1.54) is 35.2 Å².